The molecule has 0 radical (unpaired) electrons. The summed E-state index contributed by atoms with van der Waals surface area (Å²) in [7, 11) is 0. The first-order valence-electron chi connectivity index (χ1n) is 8.26. The van der Waals surface area contributed by atoms with Crippen LogP contribution in [-0.2, 0) is 20.7 Å². The van der Waals surface area contributed by atoms with Gasteiger partial charge in [0.1, 0.15) is 0 Å². The Kier molecular flexibility index (Phi) is 3.06. The van der Waals surface area contributed by atoms with Crippen molar-refractivity contribution in [2.24, 2.45) is 23.7 Å². The van der Waals surface area contributed by atoms with Gasteiger partial charge in [0.25, 0.3) is 0 Å². The molecule has 1 aromatic rings. The molecule has 0 spiro atoms. The van der Waals surface area contributed by atoms with E-state index in [9.17, 15) is 4.79 Å². The van der Waals surface area contributed by atoms with Crippen LogP contribution in [0, 0.1) is 23.7 Å². The van der Waals surface area contributed by atoms with Crippen molar-refractivity contribution in [2.45, 2.75) is 37.9 Å². The van der Waals surface area contributed by atoms with E-state index in [1.54, 1.807) is 0 Å². The maximum Gasteiger partial charge on any atom is 0.231 e. The lowest BCUT2D eigenvalue weighted by molar-refractivity contribution is -0.121. The van der Waals surface area contributed by atoms with Crippen LogP contribution in [0.1, 0.15) is 25.0 Å². The van der Waals surface area contributed by atoms with E-state index >= 15 is 0 Å². The van der Waals surface area contributed by atoms with Gasteiger partial charge in [-0.1, -0.05) is 0 Å². The molecular weight excluding hydrogens is 300 g/mol. The molecule has 5 rings (SSSR count). The second-order valence-electron chi connectivity index (χ2n) is 7.11. The van der Waals surface area contributed by atoms with Gasteiger partial charge in [-0.15, -0.1) is 11.3 Å². The molecule has 5 nitrogen and oxygen atoms in total. The molecule has 1 aliphatic carbocycles. The number of carbonyl (C=O) groups is 1. The average Bonchev–Trinajstić information content (AvgIpc) is 2.97. The molecule has 3 aliphatic heterocycles. The lowest BCUT2D eigenvalue weighted by Crippen LogP contribution is -2.32. The minimum atomic E-state index is 0.0318. The van der Waals surface area contributed by atoms with Crippen LogP contribution in [-0.4, -0.2) is 36.3 Å². The van der Waals surface area contributed by atoms with Crippen LogP contribution >= 0.6 is 11.3 Å². The van der Waals surface area contributed by atoms with Crippen molar-refractivity contribution in [3.8, 4) is 0 Å². The Balaban J connectivity index is 1.21. The summed E-state index contributed by atoms with van der Waals surface area (Å²) in [6.45, 7) is 1.70. The average molecular weight is 320 g/mol. The number of nitrogens with zero attached hydrogens (tertiary/aromatic N) is 1. The van der Waals surface area contributed by atoms with Crippen molar-refractivity contribution in [1.82, 2.24) is 4.98 Å². The first-order chi connectivity index (χ1) is 10.8. The highest BCUT2D eigenvalue weighted by Gasteiger charge is 2.64. The Morgan fingerprint density at radius 3 is 3.14 bits per heavy atom. The van der Waals surface area contributed by atoms with E-state index in [1.165, 1.54) is 17.8 Å². The Morgan fingerprint density at radius 1 is 1.41 bits per heavy atom. The van der Waals surface area contributed by atoms with Crippen molar-refractivity contribution in [3.05, 3.63) is 11.1 Å². The highest BCUT2D eigenvalue weighted by molar-refractivity contribution is 7.13. The molecule has 1 amide bonds. The molecule has 6 heteroatoms. The molecule has 4 heterocycles. The van der Waals surface area contributed by atoms with E-state index < -0.39 is 0 Å². The van der Waals surface area contributed by atoms with Gasteiger partial charge in [0.15, 0.2) is 5.13 Å². The normalized spacial score (nSPS) is 41.6. The highest BCUT2D eigenvalue weighted by Crippen LogP contribution is 2.60. The number of hydrogen-bond donors (Lipinski definition) is 1. The SMILES string of the molecule is O=C(Nc1nc(CC2CCOC2)cs1)[C@@H]1C[C@@H]2O[C@H]1[C@H]1C[C@H]12. The summed E-state index contributed by atoms with van der Waals surface area (Å²) in [6, 6.07) is 0. The number of amides is 1. The standard InChI is InChI=1S/C16H20N2O3S/c19-15(12-5-13-10-4-11(10)14(12)21-13)18-16-17-9(7-22-16)3-8-1-2-20-6-8/h7-8,10-14H,1-6H2,(H,17,18,19)/t8?,10-,11+,12-,13+,14+/m1/s1. The zero-order valence-electron chi connectivity index (χ0n) is 12.4. The Morgan fingerprint density at radius 2 is 2.36 bits per heavy atom. The van der Waals surface area contributed by atoms with Crippen LogP contribution in [0.5, 0.6) is 0 Å². The molecule has 1 saturated carbocycles. The Hall–Kier alpha value is -0.980. The third kappa shape index (κ3) is 2.20. The summed E-state index contributed by atoms with van der Waals surface area (Å²) in [5.41, 5.74) is 1.07. The largest absolute Gasteiger partial charge is 0.381 e. The molecule has 1 N–H and O–H groups in total. The molecule has 1 unspecified atom stereocenters. The molecule has 118 valence electrons. The smallest absolute Gasteiger partial charge is 0.231 e. The van der Waals surface area contributed by atoms with Crippen LogP contribution in [0.3, 0.4) is 0 Å². The maximum atomic E-state index is 12.5. The highest BCUT2D eigenvalue weighted by atomic mass is 32.1. The van der Waals surface area contributed by atoms with Crippen LogP contribution in [0.25, 0.3) is 0 Å². The quantitative estimate of drug-likeness (QED) is 0.923. The van der Waals surface area contributed by atoms with E-state index in [-0.39, 0.29) is 17.9 Å². The van der Waals surface area contributed by atoms with Crippen molar-refractivity contribution >= 4 is 22.4 Å². The second-order valence-corrected chi connectivity index (χ2v) is 7.97. The number of hydrogen-bond acceptors (Lipinski definition) is 5. The van der Waals surface area contributed by atoms with Crippen LogP contribution in [0.15, 0.2) is 5.38 Å². The number of anilines is 1. The summed E-state index contributed by atoms with van der Waals surface area (Å²) in [6.07, 6.45) is 4.75. The van der Waals surface area contributed by atoms with Crippen LogP contribution < -0.4 is 5.32 Å². The fourth-order valence-corrected chi connectivity index (χ4v) is 5.13. The molecule has 0 aromatic carbocycles. The predicted octanol–water partition coefficient (Wildman–Crippen LogP) is 2.08. The number of aromatic nitrogens is 1. The van der Waals surface area contributed by atoms with Gasteiger partial charge < -0.3 is 14.8 Å². The monoisotopic (exact) mass is 320 g/mol. The van der Waals surface area contributed by atoms with E-state index in [0.29, 0.717) is 17.9 Å². The molecule has 2 bridgehead atoms. The van der Waals surface area contributed by atoms with Gasteiger partial charge in [-0.05, 0) is 43.4 Å². The van der Waals surface area contributed by atoms with Gasteiger partial charge in [-0.3, -0.25) is 4.79 Å². The zero-order chi connectivity index (χ0) is 14.7. The first-order valence-corrected chi connectivity index (χ1v) is 9.14. The molecule has 22 heavy (non-hydrogen) atoms. The van der Waals surface area contributed by atoms with Gasteiger partial charge >= 0.3 is 0 Å². The van der Waals surface area contributed by atoms with Crippen LogP contribution in [0.4, 0.5) is 5.13 Å². The van der Waals surface area contributed by atoms with Gasteiger partial charge in [0.05, 0.1) is 23.8 Å². The van der Waals surface area contributed by atoms with E-state index in [0.717, 1.165) is 49.2 Å². The summed E-state index contributed by atoms with van der Waals surface area (Å²) in [5, 5.41) is 5.80. The van der Waals surface area contributed by atoms with E-state index in [1.807, 2.05) is 0 Å². The Bertz CT molecular complexity index is 598. The van der Waals surface area contributed by atoms with Crippen molar-refractivity contribution < 1.29 is 14.3 Å². The molecule has 4 fully saturated rings. The number of thiazole rings is 1. The van der Waals surface area contributed by atoms with Crippen molar-refractivity contribution in [2.75, 3.05) is 18.5 Å². The number of carbonyl (C=O) groups excluding carboxylic acids is 1. The third-order valence-electron chi connectivity index (χ3n) is 5.65. The lowest BCUT2D eigenvalue weighted by Gasteiger charge is -2.16. The molecule has 3 saturated heterocycles. The second kappa shape index (κ2) is 5.01. The van der Waals surface area contributed by atoms with Crippen molar-refractivity contribution in [1.29, 1.82) is 0 Å². The minimum absolute atomic E-state index is 0.0318. The Labute approximate surface area is 133 Å². The molecule has 1 aromatic heterocycles. The fraction of sp³-hybridized carbons (Fsp3) is 0.750. The minimum Gasteiger partial charge on any atom is -0.381 e. The summed E-state index contributed by atoms with van der Waals surface area (Å²) in [5.74, 6) is 2.13. The van der Waals surface area contributed by atoms with E-state index in [2.05, 4.69) is 15.7 Å². The number of fused-ring (bicyclic) bond motifs is 5. The van der Waals surface area contributed by atoms with Crippen LogP contribution in [0.2, 0.25) is 0 Å². The summed E-state index contributed by atoms with van der Waals surface area (Å²) < 4.78 is 11.3. The fourth-order valence-electron chi connectivity index (χ4n) is 4.41. The zero-order valence-corrected chi connectivity index (χ0v) is 13.2. The van der Waals surface area contributed by atoms with Gasteiger partial charge in [0.2, 0.25) is 5.91 Å². The number of nitrogens with one attached hydrogen (secondary N) is 1. The van der Waals surface area contributed by atoms with E-state index in [4.69, 9.17) is 9.47 Å². The topological polar surface area (TPSA) is 60.5 Å². The summed E-state index contributed by atoms with van der Waals surface area (Å²) >= 11 is 1.53. The van der Waals surface area contributed by atoms with Gasteiger partial charge in [0, 0.05) is 18.6 Å². The lowest BCUT2D eigenvalue weighted by atomic mass is 9.88. The third-order valence-corrected chi connectivity index (χ3v) is 6.45. The molecule has 6 atom stereocenters. The van der Waals surface area contributed by atoms with Gasteiger partial charge in [-0.25, -0.2) is 4.98 Å². The molecule has 4 aliphatic rings. The van der Waals surface area contributed by atoms with Crippen molar-refractivity contribution in [3.63, 3.8) is 0 Å². The van der Waals surface area contributed by atoms with Gasteiger partial charge in [-0.2, -0.15) is 0 Å². The predicted molar refractivity (Wildman–Crippen MR) is 81.7 cm³/mol. The number of rotatable bonds is 4. The molecular formula is C16H20N2O3S. The first kappa shape index (κ1) is 13.5. The number of ether oxygens (including phenoxy) is 2. The maximum absolute atomic E-state index is 12.5. The summed E-state index contributed by atoms with van der Waals surface area (Å²) in [4.78, 5) is 17.0.